The summed E-state index contributed by atoms with van der Waals surface area (Å²) in [6.07, 6.45) is 3.14. The van der Waals surface area contributed by atoms with E-state index < -0.39 is 0 Å². The summed E-state index contributed by atoms with van der Waals surface area (Å²) in [5.41, 5.74) is 6.48. The molecule has 0 amide bonds. The van der Waals surface area contributed by atoms with Crippen LogP contribution in [0, 0.1) is 6.92 Å². The summed E-state index contributed by atoms with van der Waals surface area (Å²) >= 11 is 1.44. The van der Waals surface area contributed by atoms with Gasteiger partial charge in [0.1, 0.15) is 17.9 Å². The molecule has 0 aliphatic rings. The summed E-state index contributed by atoms with van der Waals surface area (Å²) in [4.78, 5) is 12.3. The van der Waals surface area contributed by atoms with Crippen LogP contribution in [0.3, 0.4) is 0 Å². The molecule has 0 radical (unpaired) electrons. The number of thioether (sulfide) groups is 1. The standard InChI is InChI=1S/C9H10N4OS/c1-6-4-7(10)13-8(12-6)5-15-9-11-2-3-14-9/h2-4H,5H2,1H3,(H2,10,12,13). The van der Waals surface area contributed by atoms with Gasteiger partial charge >= 0.3 is 0 Å². The van der Waals surface area contributed by atoms with E-state index in [1.54, 1.807) is 12.3 Å². The summed E-state index contributed by atoms with van der Waals surface area (Å²) in [6, 6.07) is 1.74. The third-order valence-corrected chi connectivity index (χ3v) is 2.51. The van der Waals surface area contributed by atoms with Gasteiger partial charge in [-0.1, -0.05) is 11.8 Å². The van der Waals surface area contributed by atoms with E-state index in [1.165, 1.54) is 18.0 Å². The number of aromatic nitrogens is 3. The maximum absolute atomic E-state index is 5.61. The summed E-state index contributed by atoms with van der Waals surface area (Å²) in [5, 5.41) is 0.610. The van der Waals surface area contributed by atoms with Gasteiger partial charge in [-0.05, 0) is 6.92 Å². The number of hydrogen-bond donors (Lipinski definition) is 1. The summed E-state index contributed by atoms with van der Waals surface area (Å²) in [5.74, 6) is 1.79. The highest BCUT2D eigenvalue weighted by Gasteiger charge is 2.03. The van der Waals surface area contributed by atoms with Gasteiger partial charge in [0.2, 0.25) is 0 Å². The molecule has 5 nitrogen and oxygen atoms in total. The van der Waals surface area contributed by atoms with Crippen LogP contribution in [0.5, 0.6) is 0 Å². The Morgan fingerprint density at radius 2 is 2.33 bits per heavy atom. The van der Waals surface area contributed by atoms with E-state index in [-0.39, 0.29) is 0 Å². The molecule has 2 N–H and O–H groups in total. The molecule has 0 bridgehead atoms. The number of aryl methyl sites for hydroxylation is 1. The van der Waals surface area contributed by atoms with Crippen LogP contribution in [-0.2, 0) is 5.75 Å². The van der Waals surface area contributed by atoms with Crippen LogP contribution in [0.2, 0.25) is 0 Å². The minimum Gasteiger partial charge on any atom is -0.440 e. The number of rotatable bonds is 3. The molecule has 0 atom stereocenters. The maximum atomic E-state index is 5.61. The van der Waals surface area contributed by atoms with Crippen molar-refractivity contribution in [2.24, 2.45) is 0 Å². The fourth-order valence-electron chi connectivity index (χ4n) is 1.13. The van der Waals surface area contributed by atoms with Gasteiger partial charge in [-0.2, -0.15) is 0 Å². The Labute approximate surface area is 91.1 Å². The Balaban J connectivity index is 2.05. The molecule has 78 valence electrons. The third-order valence-electron chi connectivity index (χ3n) is 1.65. The molecule has 0 aliphatic carbocycles. The van der Waals surface area contributed by atoms with Crippen molar-refractivity contribution in [1.82, 2.24) is 15.0 Å². The van der Waals surface area contributed by atoms with Gasteiger partial charge < -0.3 is 10.2 Å². The molecule has 6 heteroatoms. The highest BCUT2D eigenvalue weighted by molar-refractivity contribution is 7.98. The average molecular weight is 222 g/mol. The third kappa shape index (κ3) is 2.69. The van der Waals surface area contributed by atoms with E-state index >= 15 is 0 Å². The van der Waals surface area contributed by atoms with Gasteiger partial charge in [-0.25, -0.2) is 15.0 Å². The molecule has 15 heavy (non-hydrogen) atoms. The molecule has 2 rings (SSSR count). The van der Waals surface area contributed by atoms with Crippen LogP contribution in [-0.4, -0.2) is 15.0 Å². The molecule has 2 aromatic rings. The molecule has 2 aromatic heterocycles. The normalized spacial score (nSPS) is 10.5. The monoisotopic (exact) mass is 222 g/mol. The van der Waals surface area contributed by atoms with Crippen molar-refractivity contribution < 1.29 is 4.42 Å². The van der Waals surface area contributed by atoms with Crippen molar-refractivity contribution in [3.05, 3.63) is 30.0 Å². The SMILES string of the molecule is Cc1cc(N)nc(CSc2ncco2)n1. The van der Waals surface area contributed by atoms with Crippen LogP contribution in [0.1, 0.15) is 11.5 Å². The molecule has 0 saturated heterocycles. The molecule has 0 aliphatic heterocycles. The summed E-state index contributed by atoms with van der Waals surface area (Å²) in [7, 11) is 0. The number of nitrogen functional groups attached to an aromatic ring is 1. The highest BCUT2D eigenvalue weighted by Crippen LogP contribution is 2.19. The number of hydrogen-bond acceptors (Lipinski definition) is 6. The second kappa shape index (κ2) is 4.31. The molecule has 0 spiro atoms. The average Bonchev–Trinajstić information content (AvgIpc) is 2.65. The first kappa shape index (κ1) is 9.97. The maximum Gasteiger partial charge on any atom is 0.255 e. The Kier molecular flexibility index (Phi) is 2.86. The fourth-order valence-corrected chi connectivity index (χ4v) is 1.77. The van der Waals surface area contributed by atoms with E-state index in [2.05, 4.69) is 15.0 Å². The molecular weight excluding hydrogens is 212 g/mol. The van der Waals surface area contributed by atoms with Crippen LogP contribution in [0.4, 0.5) is 5.82 Å². The first-order valence-corrected chi connectivity index (χ1v) is 5.35. The molecule has 2 heterocycles. The van der Waals surface area contributed by atoms with Gasteiger partial charge in [0.25, 0.3) is 5.22 Å². The van der Waals surface area contributed by atoms with Crippen molar-refractivity contribution in [2.45, 2.75) is 17.9 Å². The van der Waals surface area contributed by atoms with Gasteiger partial charge in [0, 0.05) is 11.8 Å². The number of anilines is 1. The highest BCUT2D eigenvalue weighted by atomic mass is 32.2. The molecule has 0 fully saturated rings. The Morgan fingerprint density at radius 1 is 1.47 bits per heavy atom. The van der Waals surface area contributed by atoms with Crippen LogP contribution < -0.4 is 5.73 Å². The number of nitrogens with zero attached hydrogens (tertiary/aromatic N) is 3. The van der Waals surface area contributed by atoms with E-state index in [4.69, 9.17) is 10.2 Å². The van der Waals surface area contributed by atoms with Crippen molar-refractivity contribution in [3.63, 3.8) is 0 Å². The van der Waals surface area contributed by atoms with E-state index in [9.17, 15) is 0 Å². The Bertz CT molecular complexity index is 423. The zero-order valence-corrected chi connectivity index (χ0v) is 8.99. The smallest absolute Gasteiger partial charge is 0.255 e. The van der Waals surface area contributed by atoms with E-state index in [1.807, 2.05) is 6.92 Å². The predicted molar refractivity (Wildman–Crippen MR) is 57.2 cm³/mol. The Hall–Kier alpha value is -1.56. The van der Waals surface area contributed by atoms with E-state index in [0.29, 0.717) is 22.6 Å². The largest absolute Gasteiger partial charge is 0.440 e. The molecule has 0 unspecified atom stereocenters. The van der Waals surface area contributed by atoms with E-state index in [0.717, 1.165) is 5.69 Å². The van der Waals surface area contributed by atoms with Gasteiger partial charge in [-0.15, -0.1) is 0 Å². The van der Waals surface area contributed by atoms with Crippen molar-refractivity contribution in [1.29, 1.82) is 0 Å². The lowest BCUT2D eigenvalue weighted by atomic mass is 10.4. The zero-order valence-electron chi connectivity index (χ0n) is 8.17. The van der Waals surface area contributed by atoms with Gasteiger partial charge in [0.05, 0.1) is 11.9 Å². The molecular formula is C9H10N4OS. The van der Waals surface area contributed by atoms with Gasteiger partial charge in [0.15, 0.2) is 0 Å². The summed E-state index contributed by atoms with van der Waals surface area (Å²) in [6.45, 7) is 1.89. The second-order valence-corrected chi connectivity index (χ2v) is 3.86. The van der Waals surface area contributed by atoms with Crippen LogP contribution in [0.25, 0.3) is 0 Å². The number of oxazole rings is 1. The van der Waals surface area contributed by atoms with Crippen molar-refractivity contribution >= 4 is 17.6 Å². The lowest BCUT2D eigenvalue weighted by Crippen LogP contribution is -1.99. The van der Waals surface area contributed by atoms with Crippen LogP contribution >= 0.6 is 11.8 Å². The summed E-state index contributed by atoms with van der Waals surface area (Å²) < 4.78 is 5.08. The Morgan fingerprint density at radius 3 is 3.00 bits per heavy atom. The predicted octanol–water partition coefficient (Wildman–Crippen LogP) is 1.65. The van der Waals surface area contributed by atoms with Crippen LogP contribution in [0.15, 0.2) is 28.2 Å². The van der Waals surface area contributed by atoms with Crippen molar-refractivity contribution in [2.75, 3.05) is 5.73 Å². The quantitative estimate of drug-likeness (QED) is 0.795. The lowest BCUT2D eigenvalue weighted by Gasteiger charge is -2.00. The molecule has 0 saturated carbocycles. The number of nitrogens with two attached hydrogens (primary N) is 1. The van der Waals surface area contributed by atoms with Gasteiger partial charge in [-0.3, -0.25) is 0 Å². The topological polar surface area (TPSA) is 77.8 Å². The van der Waals surface area contributed by atoms with Crippen molar-refractivity contribution in [3.8, 4) is 0 Å². The fraction of sp³-hybridized carbons (Fsp3) is 0.222. The zero-order chi connectivity index (χ0) is 10.7. The first-order valence-electron chi connectivity index (χ1n) is 4.36. The minimum atomic E-state index is 0.491. The minimum absolute atomic E-state index is 0.491. The molecule has 0 aromatic carbocycles. The first-order chi connectivity index (χ1) is 7.24. The second-order valence-electron chi connectivity index (χ2n) is 2.94. The lowest BCUT2D eigenvalue weighted by molar-refractivity contribution is 0.454.